The maximum atomic E-state index is 8.56. The van der Waals surface area contributed by atoms with Gasteiger partial charge in [-0.3, -0.25) is 5.43 Å². The molecular weight excluding hydrogens is 264 g/mol. The van der Waals surface area contributed by atoms with Gasteiger partial charge in [0.15, 0.2) is 0 Å². The smallest absolute Gasteiger partial charge is 0.237 e. The highest BCUT2D eigenvalue weighted by atomic mass is 16.5. The summed E-state index contributed by atoms with van der Waals surface area (Å²) in [5, 5.41) is 20.8. The van der Waals surface area contributed by atoms with Gasteiger partial charge in [0.25, 0.3) is 0 Å². The van der Waals surface area contributed by atoms with Crippen molar-refractivity contribution in [1.82, 2.24) is 0 Å². The summed E-state index contributed by atoms with van der Waals surface area (Å²) >= 11 is 0. The molecule has 0 unspecified atom stereocenters. The van der Waals surface area contributed by atoms with Gasteiger partial charge in [0, 0.05) is 0 Å². The van der Waals surface area contributed by atoms with Crippen molar-refractivity contribution in [3.8, 4) is 17.9 Å². The summed E-state index contributed by atoms with van der Waals surface area (Å²) in [7, 11) is 0. The van der Waals surface area contributed by atoms with E-state index in [0.29, 0.717) is 12.3 Å². The molecule has 0 aliphatic heterocycles. The highest BCUT2D eigenvalue weighted by molar-refractivity contribution is 6.10. The molecule has 0 fully saturated rings. The second-order valence-electron chi connectivity index (χ2n) is 4.09. The van der Waals surface area contributed by atoms with E-state index in [1.165, 1.54) is 0 Å². The number of nitrogens with zero attached hydrogens (tertiary/aromatic N) is 3. The van der Waals surface area contributed by atoms with Gasteiger partial charge in [-0.05, 0) is 29.8 Å². The van der Waals surface area contributed by atoms with Crippen molar-refractivity contribution >= 4 is 11.4 Å². The highest BCUT2D eigenvalue weighted by Gasteiger charge is 1.97. The van der Waals surface area contributed by atoms with Gasteiger partial charge in [-0.15, -0.1) is 0 Å². The zero-order valence-electron chi connectivity index (χ0n) is 11.2. The van der Waals surface area contributed by atoms with Crippen LogP contribution in [0.2, 0.25) is 0 Å². The largest absolute Gasteiger partial charge is 0.489 e. The quantitative estimate of drug-likeness (QED) is 0.672. The van der Waals surface area contributed by atoms with Crippen molar-refractivity contribution in [2.45, 2.75) is 6.61 Å². The minimum absolute atomic E-state index is 0.223. The first-order valence-corrected chi connectivity index (χ1v) is 6.22. The first kappa shape index (κ1) is 14.1. The molecule has 2 aromatic carbocycles. The molecule has 0 heterocycles. The Balaban J connectivity index is 1.92. The van der Waals surface area contributed by atoms with Crippen LogP contribution in [0.1, 0.15) is 5.56 Å². The van der Waals surface area contributed by atoms with Gasteiger partial charge in [0.05, 0.1) is 5.69 Å². The van der Waals surface area contributed by atoms with Crippen LogP contribution in [0, 0.1) is 22.7 Å². The van der Waals surface area contributed by atoms with Crippen LogP contribution in [0.3, 0.4) is 0 Å². The van der Waals surface area contributed by atoms with Gasteiger partial charge < -0.3 is 4.74 Å². The Kier molecular flexibility index (Phi) is 4.92. The summed E-state index contributed by atoms with van der Waals surface area (Å²) in [6.45, 7) is 0.499. The van der Waals surface area contributed by atoms with Gasteiger partial charge in [0.2, 0.25) is 5.71 Å². The fraction of sp³-hybridized carbons (Fsp3) is 0.0625. The molecule has 0 atom stereocenters. The number of hydrogen-bond acceptors (Lipinski definition) is 5. The number of hydrogen-bond donors (Lipinski definition) is 1. The van der Waals surface area contributed by atoms with Gasteiger partial charge >= 0.3 is 0 Å². The second-order valence-corrected chi connectivity index (χ2v) is 4.09. The molecule has 2 rings (SSSR count). The highest BCUT2D eigenvalue weighted by Crippen LogP contribution is 2.17. The standard InChI is InChI=1S/C16H12N4O/c17-10-15(11-18)20-19-14-6-8-16(9-7-14)21-12-13-4-2-1-3-5-13/h1-9,19H,12H2. The number of ether oxygens (including phenoxy) is 1. The summed E-state index contributed by atoms with van der Waals surface area (Å²) in [5.74, 6) is 0.731. The SMILES string of the molecule is N#CC(C#N)=NNc1ccc(OCc2ccccc2)cc1. The van der Waals surface area contributed by atoms with E-state index in [1.807, 2.05) is 30.3 Å². The van der Waals surface area contributed by atoms with E-state index in [9.17, 15) is 0 Å². The predicted octanol–water partition coefficient (Wildman–Crippen LogP) is 3.08. The van der Waals surface area contributed by atoms with Crippen molar-refractivity contribution in [3.05, 3.63) is 60.2 Å². The lowest BCUT2D eigenvalue weighted by molar-refractivity contribution is 0.306. The van der Waals surface area contributed by atoms with Crippen LogP contribution in [0.15, 0.2) is 59.7 Å². The number of nitriles is 2. The number of benzene rings is 2. The molecule has 0 radical (unpaired) electrons. The lowest BCUT2D eigenvalue weighted by Crippen LogP contribution is -1.97. The molecule has 0 aliphatic rings. The molecule has 5 nitrogen and oxygen atoms in total. The van der Waals surface area contributed by atoms with Gasteiger partial charge in [-0.1, -0.05) is 30.3 Å². The van der Waals surface area contributed by atoms with E-state index in [-0.39, 0.29) is 5.71 Å². The normalized spacial score (nSPS) is 9.05. The van der Waals surface area contributed by atoms with E-state index >= 15 is 0 Å². The molecule has 5 heteroatoms. The third kappa shape index (κ3) is 4.38. The van der Waals surface area contributed by atoms with Crippen LogP contribution < -0.4 is 10.2 Å². The van der Waals surface area contributed by atoms with Gasteiger partial charge in [-0.2, -0.15) is 15.6 Å². The van der Waals surface area contributed by atoms with Crippen LogP contribution in [-0.2, 0) is 6.61 Å². The molecule has 0 spiro atoms. The Morgan fingerprint density at radius 2 is 1.67 bits per heavy atom. The predicted molar refractivity (Wildman–Crippen MR) is 79.5 cm³/mol. The minimum atomic E-state index is -0.223. The third-order valence-corrected chi connectivity index (χ3v) is 2.61. The van der Waals surface area contributed by atoms with Crippen LogP contribution in [0.4, 0.5) is 5.69 Å². The average Bonchev–Trinajstić information content (AvgIpc) is 2.56. The molecule has 0 bridgehead atoms. The number of nitrogens with one attached hydrogen (secondary N) is 1. The van der Waals surface area contributed by atoms with Crippen LogP contribution >= 0.6 is 0 Å². The van der Waals surface area contributed by atoms with Gasteiger partial charge in [0.1, 0.15) is 24.5 Å². The third-order valence-electron chi connectivity index (χ3n) is 2.61. The second kappa shape index (κ2) is 7.32. The maximum Gasteiger partial charge on any atom is 0.237 e. The van der Waals surface area contributed by atoms with E-state index in [4.69, 9.17) is 15.3 Å². The van der Waals surface area contributed by atoms with Crippen LogP contribution in [0.5, 0.6) is 5.75 Å². The lowest BCUT2D eigenvalue weighted by Gasteiger charge is -2.07. The molecule has 2 aromatic rings. The number of rotatable bonds is 5. The Morgan fingerprint density at radius 1 is 1.00 bits per heavy atom. The Morgan fingerprint density at radius 3 is 2.29 bits per heavy atom. The molecule has 0 saturated heterocycles. The summed E-state index contributed by atoms with van der Waals surface area (Å²) in [6.07, 6.45) is 0. The lowest BCUT2D eigenvalue weighted by atomic mass is 10.2. The first-order valence-electron chi connectivity index (χ1n) is 6.22. The van der Waals surface area contributed by atoms with Crippen molar-refractivity contribution in [3.63, 3.8) is 0 Å². The summed E-state index contributed by atoms with van der Waals surface area (Å²) in [6, 6.07) is 20.3. The summed E-state index contributed by atoms with van der Waals surface area (Å²) in [5.41, 5.74) is 4.18. The van der Waals surface area contributed by atoms with Gasteiger partial charge in [-0.25, -0.2) is 0 Å². The molecule has 0 aliphatic carbocycles. The Labute approximate surface area is 122 Å². The topological polar surface area (TPSA) is 81.2 Å². The Bertz CT molecular complexity index is 678. The zero-order valence-corrected chi connectivity index (χ0v) is 11.2. The molecule has 0 saturated carbocycles. The molecule has 102 valence electrons. The number of hydrazone groups is 1. The Hall–Kier alpha value is -3.31. The fourth-order valence-electron chi connectivity index (χ4n) is 1.56. The first-order chi connectivity index (χ1) is 10.3. The van der Waals surface area contributed by atoms with Crippen molar-refractivity contribution in [2.75, 3.05) is 5.43 Å². The number of anilines is 1. The summed E-state index contributed by atoms with van der Waals surface area (Å²) in [4.78, 5) is 0. The molecule has 0 aromatic heterocycles. The van der Waals surface area contributed by atoms with Crippen molar-refractivity contribution < 1.29 is 4.74 Å². The molecule has 1 N–H and O–H groups in total. The zero-order chi connectivity index (χ0) is 14.9. The van der Waals surface area contributed by atoms with Crippen molar-refractivity contribution in [2.24, 2.45) is 5.10 Å². The van der Waals surface area contributed by atoms with Crippen molar-refractivity contribution in [1.29, 1.82) is 10.5 Å². The van der Waals surface area contributed by atoms with E-state index in [0.717, 1.165) is 11.3 Å². The minimum Gasteiger partial charge on any atom is -0.489 e. The molecular formula is C16H12N4O. The fourth-order valence-corrected chi connectivity index (χ4v) is 1.56. The molecule has 0 amide bonds. The summed E-state index contributed by atoms with van der Waals surface area (Å²) < 4.78 is 5.65. The van der Waals surface area contributed by atoms with E-state index in [1.54, 1.807) is 36.4 Å². The van der Waals surface area contributed by atoms with Crippen LogP contribution in [0.25, 0.3) is 0 Å². The molecule has 21 heavy (non-hydrogen) atoms. The average molecular weight is 276 g/mol. The van der Waals surface area contributed by atoms with E-state index < -0.39 is 0 Å². The monoisotopic (exact) mass is 276 g/mol. The van der Waals surface area contributed by atoms with Crippen LogP contribution in [-0.4, -0.2) is 5.71 Å². The van der Waals surface area contributed by atoms with E-state index in [2.05, 4.69) is 10.5 Å². The maximum absolute atomic E-state index is 8.56.